The van der Waals surface area contributed by atoms with Crippen LogP contribution in [0, 0.1) is 5.82 Å². The van der Waals surface area contributed by atoms with Gasteiger partial charge in [0.1, 0.15) is 5.82 Å². The van der Waals surface area contributed by atoms with Gasteiger partial charge in [-0.2, -0.15) is 0 Å². The van der Waals surface area contributed by atoms with Gasteiger partial charge in [-0.15, -0.1) is 0 Å². The average Bonchev–Trinajstić information content (AvgIpc) is 2.80. The molecule has 1 aliphatic heterocycles. The molecule has 5 nitrogen and oxygen atoms in total. The zero-order valence-corrected chi connectivity index (χ0v) is 13.5. The first-order valence-corrected chi connectivity index (χ1v) is 8.12. The minimum absolute atomic E-state index is 0.0390. The van der Waals surface area contributed by atoms with Crippen molar-refractivity contribution in [1.82, 2.24) is 9.80 Å². The third-order valence-electron chi connectivity index (χ3n) is 4.10. The number of benzene rings is 1. The standard InChI is InChI=1S/C17H24FN3O2/c1-2-4-15(19)17(23)21-10-3-9-20(11-12-21)16(22)13-5-7-14(18)8-6-13/h5-8,15H,2-4,9-12,19H2,1H3. The summed E-state index contributed by atoms with van der Waals surface area (Å²) in [5.74, 6) is -0.529. The van der Waals surface area contributed by atoms with Crippen LogP contribution in [0.2, 0.25) is 0 Å². The Bertz CT molecular complexity index is 547. The van der Waals surface area contributed by atoms with Gasteiger partial charge in [-0.25, -0.2) is 4.39 Å². The van der Waals surface area contributed by atoms with Gasteiger partial charge in [0, 0.05) is 31.7 Å². The first-order chi connectivity index (χ1) is 11.0. The SMILES string of the molecule is CCCC(N)C(=O)N1CCCN(C(=O)c2ccc(F)cc2)CC1. The second-order valence-electron chi connectivity index (χ2n) is 5.87. The lowest BCUT2D eigenvalue weighted by atomic mass is 10.1. The van der Waals surface area contributed by atoms with Crippen molar-refractivity contribution in [3.05, 3.63) is 35.6 Å². The van der Waals surface area contributed by atoms with Gasteiger partial charge in [0.05, 0.1) is 6.04 Å². The Morgan fingerprint density at radius 2 is 1.74 bits per heavy atom. The Kier molecular flexibility index (Phi) is 6.10. The van der Waals surface area contributed by atoms with Gasteiger partial charge >= 0.3 is 0 Å². The number of halogens is 1. The van der Waals surface area contributed by atoms with Crippen LogP contribution in [-0.2, 0) is 4.79 Å². The van der Waals surface area contributed by atoms with Crippen molar-refractivity contribution in [1.29, 1.82) is 0 Å². The van der Waals surface area contributed by atoms with Gasteiger partial charge in [-0.3, -0.25) is 9.59 Å². The summed E-state index contributed by atoms with van der Waals surface area (Å²) in [6.45, 7) is 4.16. The summed E-state index contributed by atoms with van der Waals surface area (Å²) >= 11 is 0. The van der Waals surface area contributed by atoms with E-state index in [0.717, 1.165) is 12.8 Å². The molecule has 126 valence electrons. The van der Waals surface area contributed by atoms with E-state index in [0.29, 0.717) is 38.2 Å². The van der Waals surface area contributed by atoms with E-state index >= 15 is 0 Å². The largest absolute Gasteiger partial charge is 0.340 e. The zero-order valence-electron chi connectivity index (χ0n) is 13.5. The van der Waals surface area contributed by atoms with Crippen molar-refractivity contribution in [2.24, 2.45) is 5.73 Å². The molecule has 1 aromatic carbocycles. The van der Waals surface area contributed by atoms with Crippen LogP contribution < -0.4 is 5.73 Å². The molecule has 1 atom stereocenters. The van der Waals surface area contributed by atoms with Crippen molar-refractivity contribution < 1.29 is 14.0 Å². The second kappa shape index (κ2) is 8.06. The van der Waals surface area contributed by atoms with Crippen LogP contribution in [0.15, 0.2) is 24.3 Å². The number of rotatable bonds is 4. The fourth-order valence-corrected chi connectivity index (χ4v) is 2.78. The van der Waals surface area contributed by atoms with Crippen LogP contribution in [0.25, 0.3) is 0 Å². The lowest BCUT2D eigenvalue weighted by Gasteiger charge is -2.24. The number of carbonyl (C=O) groups is 2. The number of hydrogen-bond acceptors (Lipinski definition) is 3. The predicted molar refractivity (Wildman–Crippen MR) is 86.4 cm³/mol. The summed E-state index contributed by atoms with van der Waals surface area (Å²) in [5.41, 5.74) is 6.37. The quantitative estimate of drug-likeness (QED) is 0.916. The molecule has 1 saturated heterocycles. The summed E-state index contributed by atoms with van der Waals surface area (Å²) in [7, 11) is 0. The van der Waals surface area contributed by atoms with Gasteiger partial charge in [0.2, 0.25) is 5.91 Å². The highest BCUT2D eigenvalue weighted by atomic mass is 19.1. The maximum absolute atomic E-state index is 13.0. The molecule has 1 heterocycles. The van der Waals surface area contributed by atoms with Crippen molar-refractivity contribution in [3.8, 4) is 0 Å². The highest BCUT2D eigenvalue weighted by Gasteiger charge is 2.25. The molecule has 2 rings (SSSR count). The van der Waals surface area contributed by atoms with E-state index in [2.05, 4.69) is 0 Å². The fourth-order valence-electron chi connectivity index (χ4n) is 2.78. The summed E-state index contributed by atoms with van der Waals surface area (Å²) in [6, 6.07) is 5.08. The highest BCUT2D eigenvalue weighted by molar-refractivity contribution is 5.94. The molecule has 0 spiro atoms. The summed E-state index contributed by atoms with van der Waals surface area (Å²) < 4.78 is 13.0. The molecular formula is C17H24FN3O2. The van der Waals surface area contributed by atoms with Crippen molar-refractivity contribution in [3.63, 3.8) is 0 Å². The monoisotopic (exact) mass is 321 g/mol. The van der Waals surface area contributed by atoms with Crippen LogP contribution in [0.4, 0.5) is 4.39 Å². The molecule has 0 aliphatic carbocycles. The van der Waals surface area contributed by atoms with Crippen molar-refractivity contribution in [2.75, 3.05) is 26.2 Å². The van der Waals surface area contributed by atoms with Crippen LogP contribution >= 0.6 is 0 Å². The Morgan fingerprint density at radius 1 is 1.13 bits per heavy atom. The van der Waals surface area contributed by atoms with E-state index in [-0.39, 0.29) is 17.6 Å². The topological polar surface area (TPSA) is 66.6 Å². The summed E-state index contributed by atoms with van der Waals surface area (Å²) in [5, 5.41) is 0. The first kappa shape index (κ1) is 17.4. The van der Waals surface area contributed by atoms with Crippen LogP contribution in [-0.4, -0.2) is 53.8 Å². The van der Waals surface area contributed by atoms with Crippen LogP contribution in [0.3, 0.4) is 0 Å². The van der Waals surface area contributed by atoms with E-state index < -0.39 is 6.04 Å². The molecule has 0 radical (unpaired) electrons. The van der Waals surface area contributed by atoms with Gasteiger partial charge in [-0.1, -0.05) is 13.3 Å². The summed E-state index contributed by atoms with van der Waals surface area (Å²) in [6.07, 6.45) is 2.26. The summed E-state index contributed by atoms with van der Waals surface area (Å²) in [4.78, 5) is 28.2. The van der Waals surface area contributed by atoms with Crippen molar-refractivity contribution in [2.45, 2.75) is 32.2 Å². The molecule has 0 aromatic heterocycles. The third-order valence-corrected chi connectivity index (χ3v) is 4.10. The molecule has 23 heavy (non-hydrogen) atoms. The fraction of sp³-hybridized carbons (Fsp3) is 0.529. The molecule has 0 saturated carbocycles. The number of hydrogen-bond donors (Lipinski definition) is 1. The second-order valence-corrected chi connectivity index (χ2v) is 5.87. The lowest BCUT2D eigenvalue weighted by molar-refractivity contribution is -0.132. The maximum atomic E-state index is 13.0. The minimum Gasteiger partial charge on any atom is -0.340 e. The van der Waals surface area contributed by atoms with Crippen LogP contribution in [0.1, 0.15) is 36.5 Å². The lowest BCUT2D eigenvalue weighted by Crippen LogP contribution is -2.45. The number of carbonyl (C=O) groups excluding carboxylic acids is 2. The Morgan fingerprint density at radius 3 is 2.39 bits per heavy atom. The van der Waals surface area contributed by atoms with Gasteiger partial charge in [0.15, 0.2) is 0 Å². The number of nitrogens with two attached hydrogens (primary N) is 1. The molecule has 2 N–H and O–H groups in total. The molecule has 1 aromatic rings. The first-order valence-electron chi connectivity index (χ1n) is 8.12. The molecule has 1 unspecified atom stereocenters. The minimum atomic E-state index is -0.459. The number of amides is 2. The number of nitrogens with zero attached hydrogens (tertiary/aromatic N) is 2. The van der Waals surface area contributed by atoms with Gasteiger partial charge < -0.3 is 15.5 Å². The van der Waals surface area contributed by atoms with E-state index in [1.807, 2.05) is 6.92 Å². The average molecular weight is 321 g/mol. The van der Waals surface area contributed by atoms with Crippen LogP contribution in [0.5, 0.6) is 0 Å². The van der Waals surface area contributed by atoms with Crippen molar-refractivity contribution >= 4 is 11.8 Å². The highest BCUT2D eigenvalue weighted by Crippen LogP contribution is 2.11. The van der Waals surface area contributed by atoms with Gasteiger partial charge in [-0.05, 0) is 37.1 Å². The van der Waals surface area contributed by atoms with E-state index in [9.17, 15) is 14.0 Å². The maximum Gasteiger partial charge on any atom is 0.253 e. The Hall–Kier alpha value is -1.95. The molecule has 6 heteroatoms. The molecule has 2 amide bonds. The molecule has 1 aliphatic rings. The Labute approximate surface area is 136 Å². The van der Waals surface area contributed by atoms with E-state index in [4.69, 9.17) is 5.73 Å². The predicted octanol–water partition coefficient (Wildman–Crippen LogP) is 1.63. The van der Waals surface area contributed by atoms with E-state index in [1.165, 1.54) is 24.3 Å². The third kappa shape index (κ3) is 4.51. The molecular weight excluding hydrogens is 297 g/mol. The van der Waals surface area contributed by atoms with E-state index in [1.54, 1.807) is 9.80 Å². The molecule has 0 bridgehead atoms. The zero-order chi connectivity index (χ0) is 16.8. The smallest absolute Gasteiger partial charge is 0.253 e. The Balaban J connectivity index is 1.96. The van der Waals surface area contributed by atoms with Gasteiger partial charge in [0.25, 0.3) is 5.91 Å². The molecule has 1 fully saturated rings. The normalized spacial score (nSPS) is 16.8.